The molecule has 0 saturated carbocycles. The highest BCUT2D eigenvalue weighted by atomic mass is 16.5. The molecule has 32 heavy (non-hydrogen) atoms. The summed E-state index contributed by atoms with van der Waals surface area (Å²) in [5.74, 6) is 0.120. The van der Waals surface area contributed by atoms with Gasteiger partial charge in [-0.3, -0.25) is 19.5 Å². The van der Waals surface area contributed by atoms with Crippen LogP contribution in [-0.4, -0.2) is 68.7 Å². The Bertz CT molecular complexity index is 1330. The zero-order chi connectivity index (χ0) is 22.4. The van der Waals surface area contributed by atoms with Gasteiger partial charge in [0.15, 0.2) is 5.52 Å². The summed E-state index contributed by atoms with van der Waals surface area (Å²) in [5, 5.41) is 15.9. The second-order valence-corrected chi connectivity index (χ2v) is 7.96. The molecule has 0 radical (unpaired) electrons. The molecule has 1 amide bonds. The summed E-state index contributed by atoms with van der Waals surface area (Å²) in [4.78, 5) is 24.2. The molecular formula is C21H25N9O2. The zero-order valence-electron chi connectivity index (χ0n) is 18.5. The van der Waals surface area contributed by atoms with Crippen LogP contribution in [0.1, 0.15) is 16.8 Å². The van der Waals surface area contributed by atoms with Crippen LogP contribution >= 0.6 is 0 Å². The number of carbonyl (C=O) groups is 1. The van der Waals surface area contributed by atoms with Gasteiger partial charge < -0.3 is 15.0 Å². The summed E-state index contributed by atoms with van der Waals surface area (Å²) in [6, 6.07) is 4.26. The predicted octanol–water partition coefficient (Wildman–Crippen LogP) is 1.31. The van der Waals surface area contributed by atoms with E-state index in [0.717, 1.165) is 30.6 Å². The lowest BCUT2D eigenvalue weighted by Crippen LogP contribution is -2.29. The van der Waals surface area contributed by atoms with Crippen LogP contribution in [0.4, 0.5) is 11.6 Å². The maximum atomic E-state index is 13.2. The fraction of sp³-hybridized carbons (Fsp3) is 0.381. The van der Waals surface area contributed by atoms with Gasteiger partial charge in [0.2, 0.25) is 11.8 Å². The van der Waals surface area contributed by atoms with Crippen molar-refractivity contribution in [1.82, 2.24) is 34.8 Å². The van der Waals surface area contributed by atoms with Crippen molar-refractivity contribution in [3.05, 3.63) is 30.1 Å². The van der Waals surface area contributed by atoms with Gasteiger partial charge in [0.05, 0.1) is 18.9 Å². The standard InChI is InChI=1S/C21H25N9O2/c1-22-12-7-8-30(9-12)16-6-5-13(17-14(16)10-28(2)26-17)19(31)24-21-23-15-11-29(3)27-18(15)20(25-21)32-4/h5-6,10-12,22H,7-9H2,1-4H3,(H,23,24,31)/t12-/m1/s1. The second kappa shape index (κ2) is 7.75. The second-order valence-electron chi connectivity index (χ2n) is 7.96. The van der Waals surface area contributed by atoms with Crippen LogP contribution in [0.15, 0.2) is 24.5 Å². The van der Waals surface area contributed by atoms with Gasteiger partial charge in [0.1, 0.15) is 11.0 Å². The average Bonchev–Trinajstić information content (AvgIpc) is 3.49. The first-order valence-electron chi connectivity index (χ1n) is 10.4. The summed E-state index contributed by atoms with van der Waals surface area (Å²) in [6.45, 7) is 1.88. The van der Waals surface area contributed by atoms with Crippen LogP contribution in [-0.2, 0) is 14.1 Å². The van der Waals surface area contributed by atoms with Crippen molar-refractivity contribution in [2.45, 2.75) is 12.5 Å². The molecule has 0 unspecified atom stereocenters. The molecule has 1 atom stereocenters. The van der Waals surface area contributed by atoms with E-state index >= 15 is 0 Å². The summed E-state index contributed by atoms with van der Waals surface area (Å²) >= 11 is 0. The Morgan fingerprint density at radius 2 is 1.91 bits per heavy atom. The molecule has 1 aliphatic heterocycles. The van der Waals surface area contributed by atoms with E-state index in [-0.39, 0.29) is 11.9 Å². The van der Waals surface area contributed by atoms with Crippen molar-refractivity contribution >= 4 is 39.5 Å². The Morgan fingerprint density at radius 3 is 2.66 bits per heavy atom. The number of anilines is 2. The highest BCUT2D eigenvalue weighted by molar-refractivity contribution is 6.13. The Kier molecular flexibility index (Phi) is 4.89. The van der Waals surface area contributed by atoms with Crippen LogP contribution in [0.2, 0.25) is 0 Å². The number of ether oxygens (including phenoxy) is 1. The van der Waals surface area contributed by atoms with Crippen LogP contribution in [0.3, 0.4) is 0 Å². The summed E-state index contributed by atoms with van der Waals surface area (Å²) in [5.41, 5.74) is 3.31. The lowest BCUT2D eigenvalue weighted by Gasteiger charge is -2.20. The fourth-order valence-corrected chi connectivity index (χ4v) is 4.24. The normalized spacial score (nSPS) is 16.2. The lowest BCUT2D eigenvalue weighted by atomic mass is 10.1. The number of carbonyl (C=O) groups excluding carboxylic acids is 1. The molecule has 1 aromatic carbocycles. The Labute approximate surface area is 184 Å². The molecule has 0 aliphatic carbocycles. The van der Waals surface area contributed by atoms with E-state index in [1.165, 1.54) is 7.11 Å². The molecule has 11 nitrogen and oxygen atoms in total. The molecule has 4 aromatic rings. The van der Waals surface area contributed by atoms with E-state index in [0.29, 0.717) is 34.0 Å². The smallest absolute Gasteiger partial charge is 0.260 e. The van der Waals surface area contributed by atoms with E-state index in [1.54, 1.807) is 22.6 Å². The number of fused-ring (bicyclic) bond motifs is 2. The SMILES string of the molecule is CN[C@@H]1CCN(c2ccc(C(=O)Nc3nc(OC)c4nn(C)cc4n3)c3nn(C)cc23)C1. The van der Waals surface area contributed by atoms with Crippen molar-refractivity contribution in [3.8, 4) is 5.88 Å². The van der Waals surface area contributed by atoms with Gasteiger partial charge in [-0.1, -0.05) is 0 Å². The number of likely N-dealkylation sites (N-methyl/N-ethyl adjacent to an activating group) is 1. The molecule has 4 heterocycles. The Hall–Kier alpha value is -3.73. The van der Waals surface area contributed by atoms with Gasteiger partial charge in [0.25, 0.3) is 5.91 Å². The molecule has 2 N–H and O–H groups in total. The monoisotopic (exact) mass is 435 g/mol. The van der Waals surface area contributed by atoms with Gasteiger partial charge in [-0.05, 0) is 25.6 Å². The molecular weight excluding hydrogens is 410 g/mol. The molecule has 11 heteroatoms. The van der Waals surface area contributed by atoms with Crippen molar-refractivity contribution in [2.75, 3.05) is 37.5 Å². The van der Waals surface area contributed by atoms with E-state index in [4.69, 9.17) is 4.74 Å². The van der Waals surface area contributed by atoms with E-state index in [2.05, 4.69) is 35.7 Å². The van der Waals surface area contributed by atoms with E-state index in [9.17, 15) is 4.79 Å². The lowest BCUT2D eigenvalue weighted by molar-refractivity contribution is 0.102. The molecule has 1 saturated heterocycles. The minimum absolute atomic E-state index is 0.150. The van der Waals surface area contributed by atoms with E-state index in [1.807, 2.05) is 32.4 Å². The van der Waals surface area contributed by atoms with E-state index < -0.39 is 0 Å². The number of nitrogens with one attached hydrogen (secondary N) is 2. The Balaban J connectivity index is 1.49. The summed E-state index contributed by atoms with van der Waals surface area (Å²) < 4.78 is 8.69. The quantitative estimate of drug-likeness (QED) is 0.482. The third-order valence-electron chi connectivity index (χ3n) is 5.81. The third-order valence-corrected chi connectivity index (χ3v) is 5.81. The zero-order valence-corrected chi connectivity index (χ0v) is 18.5. The number of methoxy groups -OCH3 is 1. The van der Waals surface area contributed by atoms with Gasteiger partial charge in [-0.15, -0.1) is 0 Å². The minimum Gasteiger partial charge on any atom is -0.479 e. The average molecular weight is 435 g/mol. The molecule has 5 rings (SSSR count). The number of benzene rings is 1. The number of aromatic nitrogens is 6. The molecule has 3 aromatic heterocycles. The Morgan fingerprint density at radius 1 is 1.12 bits per heavy atom. The van der Waals surface area contributed by atoms with Crippen LogP contribution in [0.5, 0.6) is 5.88 Å². The number of hydrogen-bond acceptors (Lipinski definition) is 8. The number of hydrogen-bond donors (Lipinski definition) is 2. The molecule has 1 aliphatic rings. The maximum Gasteiger partial charge on any atom is 0.260 e. The van der Waals surface area contributed by atoms with Gasteiger partial charge in [-0.2, -0.15) is 15.2 Å². The molecule has 166 valence electrons. The topological polar surface area (TPSA) is 115 Å². The van der Waals surface area contributed by atoms with Gasteiger partial charge in [-0.25, -0.2) is 4.98 Å². The first-order valence-corrected chi connectivity index (χ1v) is 10.4. The number of aryl methyl sites for hydroxylation is 2. The maximum absolute atomic E-state index is 13.2. The highest BCUT2D eigenvalue weighted by Gasteiger charge is 2.25. The van der Waals surface area contributed by atoms with Gasteiger partial charge in [0, 0.05) is 50.5 Å². The minimum atomic E-state index is -0.333. The van der Waals surface area contributed by atoms with Crippen molar-refractivity contribution < 1.29 is 9.53 Å². The fourth-order valence-electron chi connectivity index (χ4n) is 4.24. The molecule has 1 fully saturated rings. The largest absolute Gasteiger partial charge is 0.479 e. The van der Waals surface area contributed by atoms with Crippen molar-refractivity contribution in [2.24, 2.45) is 14.1 Å². The first-order chi connectivity index (χ1) is 15.5. The van der Waals surface area contributed by atoms with Crippen LogP contribution < -0.4 is 20.3 Å². The van der Waals surface area contributed by atoms with Crippen molar-refractivity contribution in [1.29, 1.82) is 0 Å². The first kappa shape index (κ1) is 20.2. The third kappa shape index (κ3) is 3.40. The number of nitrogens with zero attached hydrogens (tertiary/aromatic N) is 7. The van der Waals surface area contributed by atoms with Crippen LogP contribution in [0, 0.1) is 0 Å². The summed E-state index contributed by atoms with van der Waals surface area (Å²) in [6.07, 6.45) is 4.78. The highest BCUT2D eigenvalue weighted by Crippen LogP contribution is 2.31. The molecule has 0 spiro atoms. The predicted molar refractivity (Wildman–Crippen MR) is 121 cm³/mol. The number of rotatable bonds is 5. The van der Waals surface area contributed by atoms with Gasteiger partial charge >= 0.3 is 0 Å². The molecule has 0 bridgehead atoms. The van der Waals surface area contributed by atoms with Crippen LogP contribution in [0.25, 0.3) is 21.9 Å². The summed E-state index contributed by atoms with van der Waals surface area (Å²) in [7, 11) is 7.14. The van der Waals surface area contributed by atoms with Crippen molar-refractivity contribution in [3.63, 3.8) is 0 Å². The number of amides is 1.